The van der Waals surface area contributed by atoms with Crippen molar-refractivity contribution in [2.75, 3.05) is 32.7 Å². The summed E-state index contributed by atoms with van der Waals surface area (Å²) in [5.74, 6) is 1.14. The Hall–Kier alpha value is -1.36. The van der Waals surface area contributed by atoms with Gasteiger partial charge in [-0.15, -0.1) is 0 Å². The van der Waals surface area contributed by atoms with Gasteiger partial charge in [-0.3, -0.25) is 4.79 Å². The maximum Gasteiger partial charge on any atom is 0.222 e. The minimum atomic E-state index is 0.337. The molecule has 3 heterocycles. The number of H-pyrrole nitrogens is 1. The number of hydrogen-bond acceptors (Lipinski definition) is 3. The number of amides is 1. The van der Waals surface area contributed by atoms with Crippen LogP contribution in [0.3, 0.4) is 0 Å². The first-order valence-corrected chi connectivity index (χ1v) is 10.1. The molecule has 1 aromatic heterocycles. The number of nitrogens with one attached hydrogen (secondary N) is 1. The van der Waals surface area contributed by atoms with Crippen molar-refractivity contribution < 1.29 is 4.79 Å². The predicted octanol–water partition coefficient (Wildman–Crippen LogP) is 3.09. The van der Waals surface area contributed by atoms with E-state index in [2.05, 4.69) is 33.6 Å². The van der Waals surface area contributed by atoms with E-state index in [0.29, 0.717) is 11.3 Å². The molecule has 5 heteroatoms. The number of likely N-dealkylation sites (tertiary alicyclic amines) is 2. The predicted molar refractivity (Wildman–Crippen MR) is 100 cm³/mol. The first kappa shape index (κ1) is 18.4. The highest BCUT2D eigenvalue weighted by Crippen LogP contribution is 2.40. The number of piperidine rings is 2. The second-order valence-corrected chi connectivity index (χ2v) is 8.34. The zero-order chi connectivity index (χ0) is 17.7. The van der Waals surface area contributed by atoms with Crippen molar-refractivity contribution in [2.45, 2.75) is 58.8 Å². The van der Waals surface area contributed by atoms with Crippen LogP contribution in [-0.2, 0) is 11.2 Å². The molecule has 3 rings (SSSR count). The molecule has 1 aromatic rings. The van der Waals surface area contributed by atoms with Crippen LogP contribution in [0.4, 0.5) is 0 Å². The SMILES string of the molecule is CCC[C@@H](C)CN1CCC2(CCC(=O)N(CCc3cnc[nH]3)C2)CC1. The molecule has 2 saturated heterocycles. The average Bonchev–Trinajstić information content (AvgIpc) is 3.12. The highest BCUT2D eigenvalue weighted by atomic mass is 16.2. The van der Waals surface area contributed by atoms with Crippen molar-refractivity contribution in [2.24, 2.45) is 11.3 Å². The largest absolute Gasteiger partial charge is 0.348 e. The summed E-state index contributed by atoms with van der Waals surface area (Å²) >= 11 is 0. The average molecular weight is 347 g/mol. The van der Waals surface area contributed by atoms with Crippen molar-refractivity contribution in [1.82, 2.24) is 19.8 Å². The van der Waals surface area contributed by atoms with Crippen LogP contribution in [0.2, 0.25) is 0 Å². The Morgan fingerprint density at radius 2 is 2.12 bits per heavy atom. The van der Waals surface area contributed by atoms with Crippen molar-refractivity contribution in [3.63, 3.8) is 0 Å². The first-order chi connectivity index (χ1) is 12.1. The fourth-order valence-electron chi connectivity index (χ4n) is 4.63. The Kier molecular flexibility index (Phi) is 6.15. The molecular formula is C20H34N4O. The second-order valence-electron chi connectivity index (χ2n) is 8.34. The van der Waals surface area contributed by atoms with Gasteiger partial charge in [0.25, 0.3) is 0 Å². The molecule has 0 bridgehead atoms. The van der Waals surface area contributed by atoms with E-state index in [1.165, 1.54) is 45.3 Å². The van der Waals surface area contributed by atoms with Gasteiger partial charge in [-0.1, -0.05) is 20.3 Å². The van der Waals surface area contributed by atoms with Crippen LogP contribution in [0.15, 0.2) is 12.5 Å². The van der Waals surface area contributed by atoms with Crippen molar-refractivity contribution in [1.29, 1.82) is 0 Å². The van der Waals surface area contributed by atoms with Crippen molar-refractivity contribution in [3.05, 3.63) is 18.2 Å². The Morgan fingerprint density at radius 1 is 1.32 bits per heavy atom. The number of hydrogen-bond donors (Lipinski definition) is 1. The quantitative estimate of drug-likeness (QED) is 0.825. The number of imidazole rings is 1. The van der Waals surface area contributed by atoms with Gasteiger partial charge in [-0.05, 0) is 50.1 Å². The van der Waals surface area contributed by atoms with E-state index in [0.717, 1.165) is 44.0 Å². The molecule has 25 heavy (non-hydrogen) atoms. The highest BCUT2D eigenvalue weighted by molar-refractivity contribution is 5.77. The summed E-state index contributed by atoms with van der Waals surface area (Å²) in [6, 6.07) is 0. The number of aromatic amines is 1. The molecule has 1 spiro atoms. The van der Waals surface area contributed by atoms with Crippen LogP contribution in [0, 0.1) is 11.3 Å². The summed E-state index contributed by atoms with van der Waals surface area (Å²) in [7, 11) is 0. The zero-order valence-electron chi connectivity index (χ0n) is 16.0. The standard InChI is InChI=1S/C20H34N4O/c1-3-4-17(2)14-23-11-8-20(9-12-23)7-5-19(25)24(15-20)10-6-18-13-21-16-22-18/h13,16-17H,3-12,14-15H2,1-2H3,(H,21,22)/t17-/m1/s1. The molecule has 0 aromatic carbocycles. The molecule has 0 radical (unpaired) electrons. The molecule has 5 nitrogen and oxygen atoms in total. The van der Waals surface area contributed by atoms with Gasteiger partial charge >= 0.3 is 0 Å². The lowest BCUT2D eigenvalue weighted by Crippen LogP contribution is -2.52. The first-order valence-electron chi connectivity index (χ1n) is 10.1. The normalized spacial score (nSPS) is 22.5. The van der Waals surface area contributed by atoms with Crippen LogP contribution >= 0.6 is 0 Å². The lowest BCUT2D eigenvalue weighted by molar-refractivity contribution is -0.139. The summed E-state index contributed by atoms with van der Waals surface area (Å²) < 4.78 is 0. The molecule has 2 fully saturated rings. The van der Waals surface area contributed by atoms with E-state index in [-0.39, 0.29) is 0 Å². The van der Waals surface area contributed by atoms with Gasteiger partial charge < -0.3 is 14.8 Å². The Balaban J connectivity index is 1.50. The number of carbonyl (C=O) groups is 1. The minimum Gasteiger partial charge on any atom is -0.348 e. The molecule has 2 aliphatic rings. The van der Waals surface area contributed by atoms with Gasteiger partial charge in [0.1, 0.15) is 0 Å². The van der Waals surface area contributed by atoms with Gasteiger partial charge in [0.05, 0.1) is 6.33 Å². The lowest BCUT2D eigenvalue weighted by atomic mass is 9.72. The zero-order valence-corrected chi connectivity index (χ0v) is 16.0. The molecule has 1 amide bonds. The highest BCUT2D eigenvalue weighted by Gasteiger charge is 2.40. The lowest BCUT2D eigenvalue weighted by Gasteiger charge is -2.48. The van der Waals surface area contributed by atoms with Gasteiger partial charge in [-0.2, -0.15) is 0 Å². The van der Waals surface area contributed by atoms with E-state index in [1.807, 2.05) is 6.20 Å². The van der Waals surface area contributed by atoms with Crippen molar-refractivity contribution in [3.8, 4) is 0 Å². The second kappa shape index (κ2) is 8.35. The van der Waals surface area contributed by atoms with E-state index < -0.39 is 0 Å². The Labute approximate surface area is 152 Å². The smallest absolute Gasteiger partial charge is 0.222 e. The van der Waals surface area contributed by atoms with E-state index in [9.17, 15) is 4.79 Å². The van der Waals surface area contributed by atoms with Crippen LogP contribution in [0.1, 0.15) is 58.1 Å². The van der Waals surface area contributed by atoms with E-state index >= 15 is 0 Å². The molecule has 2 aliphatic heterocycles. The molecule has 140 valence electrons. The van der Waals surface area contributed by atoms with Gasteiger partial charge in [0, 0.05) is 44.4 Å². The summed E-state index contributed by atoms with van der Waals surface area (Å²) in [4.78, 5) is 24.3. The Bertz CT molecular complexity index is 534. The maximum absolute atomic E-state index is 12.4. The van der Waals surface area contributed by atoms with Crippen LogP contribution in [0.25, 0.3) is 0 Å². The number of aromatic nitrogens is 2. The third-order valence-electron chi connectivity index (χ3n) is 6.22. The molecule has 0 saturated carbocycles. The van der Waals surface area contributed by atoms with Gasteiger partial charge in [0.15, 0.2) is 0 Å². The monoisotopic (exact) mass is 346 g/mol. The summed E-state index contributed by atoms with van der Waals surface area (Å²) in [6.07, 6.45) is 11.4. The molecule has 0 aliphatic carbocycles. The topological polar surface area (TPSA) is 52.2 Å². The van der Waals surface area contributed by atoms with E-state index in [1.54, 1.807) is 6.33 Å². The third kappa shape index (κ3) is 4.84. The molecule has 1 N–H and O–H groups in total. The fraction of sp³-hybridized carbons (Fsp3) is 0.800. The van der Waals surface area contributed by atoms with Crippen LogP contribution < -0.4 is 0 Å². The molecular weight excluding hydrogens is 312 g/mol. The summed E-state index contributed by atoms with van der Waals surface area (Å²) in [5, 5.41) is 0. The molecule has 1 atom stereocenters. The van der Waals surface area contributed by atoms with Gasteiger partial charge in [-0.25, -0.2) is 4.98 Å². The van der Waals surface area contributed by atoms with E-state index in [4.69, 9.17) is 0 Å². The fourth-order valence-corrected chi connectivity index (χ4v) is 4.63. The van der Waals surface area contributed by atoms with Crippen LogP contribution in [0.5, 0.6) is 0 Å². The summed E-state index contributed by atoms with van der Waals surface area (Å²) in [6.45, 7) is 10.1. The Morgan fingerprint density at radius 3 is 2.80 bits per heavy atom. The number of rotatable bonds is 7. The number of nitrogens with zero attached hydrogens (tertiary/aromatic N) is 3. The molecule has 0 unspecified atom stereocenters. The van der Waals surface area contributed by atoms with Crippen molar-refractivity contribution >= 4 is 5.91 Å². The third-order valence-corrected chi connectivity index (χ3v) is 6.22. The maximum atomic E-state index is 12.4. The summed E-state index contributed by atoms with van der Waals surface area (Å²) in [5.41, 5.74) is 1.49. The minimum absolute atomic E-state index is 0.337. The number of carbonyl (C=O) groups excluding carboxylic acids is 1. The van der Waals surface area contributed by atoms with Gasteiger partial charge in [0.2, 0.25) is 5.91 Å². The van der Waals surface area contributed by atoms with Crippen LogP contribution in [-0.4, -0.2) is 58.4 Å².